The van der Waals surface area contributed by atoms with Crippen LogP contribution in [-0.2, 0) is 11.3 Å². The van der Waals surface area contributed by atoms with E-state index in [0.29, 0.717) is 19.1 Å². The first-order chi connectivity index (χ1) is 12.2. The number of hydrogen-bond donors (Lipinski definition) is 3. The van der Waals surface area contributed by atoms with Gasteiger partial charge in [0.1, 0.15) is 5.82 Å². The van der Waals surface area contributed by atoms with Gasteiger partial charge in [0.25, 0.3) is 0 Å². The molecule has 6 heteroatoms. The molecule has 1 aromatic heterocycles. The fourth-order valence-corrected chi connectivity index (χ4v) is 2.27. The number of ether oxygens (including phenoxy) is 1. The number of nitrogens with one attached hydrogen (secondary N) is 3. The summed E-state index contributed by atoms with van der Waals surface area (Å²) >= 11 is 0. The molecule has 1 aromatic carbocycles. The van der Waals surface area contributed by atoms with E-state index >= 15 is 0 Å². The van der Waals surface area contributed by atoms with Crippen molar-refractivity contribution in [1.82, 2.24) is 20.6 Å². The smallest absolute Gasteiger partial charge is 0.191 e. The zero-order valence-electron chi connectivity index (χ0n) is 15.4. The Kier molecular flexibility index (Phi) is 7.98. The first-order valence-corrected chi connectivity index (χ1v) is 8.80. The molecule has 25 heavy (non-hydrogen) atoms. The van der Waals surface area contributed by atoms with E-state index in [-0.39, 0.29) is 0 Å². The fraction of sp³-hybridized carbons (Fsp3) is 0.474. The molecule has 0 atom stereocenters. The topological polar surface area (TPSA) is 74.3 Å². The molecule has 0 bridgehead atoms. The number of hydrogen-bond acceptors (Lipinski definition) is 3. The van der Waals surface area contributed by atoms with E-state index in [1.807, 2.05) is 24.4 Å². The van der Waals surface area contributed by atoms with Gasteiger partial charge in [-0.25, -0.2) is 4.98 Å². The Morgan fingerprint density at radius 2 is 2.00 bits per heavy atom. The molecule has 0 aliphatic heterocycles. The monoisotopic (exact) mass is 343 g/mol. The summed E-state index contributed by atoms with van der Waals surface area (Å²) in [4.78, 5) is 11.9. The summed E-state index contributed by atoms with van der Waals surface area (Å²) in [7, 11) is 1.76. The third-order valence-corrected chi connectivity index (χ3v) is 3.74. The molecule has 0 unspecified atom stereocenters. The Hall–Kier alpha value is -2.34. The number of benzene rings is 1. The number of aromatic amines is 1. The van der Waals surface area contributed by atoms with E-state index in [1.165, 1.54) is 0 Å². The van der Waals surface area contributed by atoms with Crippen LogP contribution in [0.5, 0.6) is 0 Å². The van der Waals surface area contributed by atoms with E-state index in [4.69, 9.17) is 4.74 Å². The van der Waals surface area contributed by atoms with E-state index in [1.54, 1.807) is 7.05 Å². The lowest BCUT2D eigenvalue weighted by Gasteiger charge is -2.11. The Morgan fingerprint density at radius 3 is 2.72 bits per heavy atom. The minimum absolute atomic E-state index is 0.584. The first kappa shape index (κ1) is 19.0. The van der Waals surface area contributed by atoms with E-state index in [9.17, 15) is 0 Å². The van der Waals surface area contributed by atoms with Crippen LogP contribution >= 0.6 is 0 Å². The second-order valence-corrected chi connectivity index (χ2v) is 6.26. The van der Waals surface area contributed by atoms with Gasteiger partial charge in [-0.05, 0) is 17.9 Å². The van der Waals surface area contributed by atoms with Crippen molar-refractivity contribution in [2.45, 2.75) is 26.8 Å². The molecule has 0 amide bonds. The number of H-pyrrole nitrogens is 1. The van der Waals surface area contributed by atoms with Crippen molar-refractivity contribution in [3.63, 3.8) is 0 Å². The van der Waals surface area contributed by atoms with Crippen LogP contribution in [0.25, 0.3) is 11.3 Å². The highest BCUT2D eigenvalue weighted by Crippen LogP contribution is 2.15. The second-order valence-electron chi connectivity index (χ2n) is 6.26. The molecule has 6 nitrogen and oxygen atoms in total. The number of nitrogens with zero attached hydrogens (tertiary/aromatic N) is 2. The molecule has 0 radical (unpaired) electrons. The predicted octanol–water partition coefficient (Wildman–Crippen LogP) is 2.80. The van der Waals surface area contributed by atoms with Crippen molar-refractivity contribution in [3.8, 4) is 11.3 Å². The number of imidazole rings is 1. The molecule has 2 aromatic rings. The molecule has 0 fully saturated rings. The maximum atomic E-state index is 5.59. The minimum atomic E-state index is 0.584. The highest BCUT2D eigenvalue weighted by molar-refractivity contribution is 5.79. The molecule has 0 spiro atoms. The SMILES string of the molecule is CN=C(NCCOCCC(C)C)NCc1ncc(-c2ccccc2)[nH]1. The van der Waals surface area contributed by atoms with Crippen LogP contribution in [0.3, 0.4) is 0 Å². The highest BCUT2D eigenvalue weighted by atomic mass is 16.5. The summed E-state index contributed by atoms with van der Waals surface area (Å²) in [5, 5.41) is 6.49. The van der Waals surface area contributed by atoms with Gasteiger partial charge in [-0.3, -0.25) is 4.99 Å². The molecule has 0 aliphatic rings. The van der Waals surface area contributed by atoms with Crippen molar-refractivity contribution in [2.24, 2.45) is 10.9 Å². The molecule has 3 N–H and O–H groups in total. The van der Waals surface area contributed by atoms with Crippen molar-refractivity contribution in [3.05, 3.63) is 42.4 Å². The molecule has 2 rings (SSSR count). The van der Waals surface area contributed by atoms with Crippen LogP contribution in [0.2, 0.25) is 0 Å². The van der Waals surface area contributed by atoms with Crippen LogP contribution in [0.4, 0.5) is 0 Å². The molecule has 136 valence electrons. The lowest BCUT2D eigenvalue weighted by Crippen LogP contribution is -2.38. The molecule has 0 saturated carbocycles. The Labute approximate surface area is 150 Å². The van der Waals surface area contributed by atoms with E-state index in [0.717, 1.165) is 42.6 Å². The van der Waals surface area contributed by atoms with Crippen LogP contribution in [0.1, 0.15) is 26.1 Å². The zero-order valence-corrected chi connectivity index (χ0v) is 15.4. The summed E-state index contributed by atoms with van der Waals surface area (Å²) in [5.41, 5.74) is 2.14. The summed E-state index contributed by atoms with van der Waals surface area (Å²) in [5.74, 6) is 2.29. The standard InChI is InChI=1S/C19H29N5O/c1-15(2)9-11-25-12-10-21-19(20-3)23-14-18-22-13-17(24-18)16-7-5-4-6-8-16/h4-8,13,15H,9-12,14H2,1-3H3,(H,22,24)(H2,20,21,23). The maximum absolute atomic E-state index is 5.59. The molecule has 1 heterocycles. The lowest BCUT2D eigenvalue weighted by atomic mass is 10.1. The number of aliphatic imine (C=N–C) groups is 1. The molecule has 0 saturated heterocycles. The Balaban J connectivity index is 1.70. The third kappa shape index (κ3) is 6.97. The molecular formula is C19H29N5O. The van der Waals surface area contributed by atoms with Gasteiger partial charge in [0.2, 0.25) is 0 Å². The number of aromatic nitrogens is 2. The van der Waals surface area contributed by atoms with Crippen molar-refractivity contribution < 1.29 is 4.74 Å². The van der Waals surface area contributed by atoms with Gasteiger partial charge in [-0.15, -0.1) is 0 Å². The van der Waals surface area contributed by atoms with Gasteiger partial charge in [-0.2, -0.15) is 0 Å². The fourth-order valence-electron chi connectivity index (χ4n) is 2.27. The van der Waals surface area contributed by atoms with Crippen LogP contribution < -0.4 is 10.6 Å². The quantitative estimate of drug-likeness (QED) is 0.372. The van der Waals surface area contributed by atoms with Crippen LogP contribution in [0.15, 0.2) is 41.5 Å². The summed E-state index contributed by atoms with van der Waals surface area (Å²) in [6, 6.07) is 10.2. The van der Waals surface area contributed by atoms with Gasteiger partial charge in [0.15, 0.2) is 5.96 Å². The normalized spacial score (nSPS) is 11.8. The van der Waals surface area contributed by atoms with Gasteiger partial charge in [0.05, 0.1) is 25.0 Å². The Bertz CT molecular complexity index is 636. The van der Waals surface area contributed by atoms with Gasteiger partial charge in [0, 0.05) is 20.2 Å². The van der Waals surface area contributed by atoms with Crippen molar-refractivity contribution in [1.29, 1.82) is 0 Å². The summed E-state index contributed by atoms with van der Waals surface area (Å²) in [6.07, 6.45) is 2.94. The Morgan fingerprint density at radius 1 is 1.20 bits per heavy atom. The van der Waals surface area contributed by atoms with Crippen molar-refractivity contribution in [2.75, 3.05) is 26.8 Å². The molecular weight excluding hydrogens is 314 g/mol. The first-order valence-electron chi connectivity index (χ1n) is 8.80. The maximum Gasteiger partial charge on any atom is 0.191 e. The number of guanidine groups is 1. The van der Waals surface area contributed by atoms with Gasteiger partial charge < -0.3 is 20.4 Å². The van der Waals surface area contributed by atoms with E-state index < -0.39 is 0 Å². The minimum Gasteiger partial charge on any atom is -0.380 e. The van der Waals surface area contributed by atoms with Crippen LogP contribution in [0, 0.1) is 5.92 Å². The van der Waals surface area contributed by atoms with Crippen molar-refractivity contribution >= 4 is 5.96 Å². The average molecular weight is 343 g/mol. The average Bonchev–Trinajstić information content (AvgIpc) is 3.10. The lowest BCUT2D eigenvalue weighted by molar-refractivity contribution is 0.128. The van der Waals surface area contributed by atoms with Gasteiger partial charge in [-0.1, -0.05) is 44.2 Å². The predicted molar refractivity (Wildman–Crippen MR) is 102 cm³/mol. The zero-order chi connectivity index (χ0) is 17.9. The summed E-state index contributed by atoms with van der Waals surface area (Å²) in [6.45, 7) is 7.19. The van der Waals surface area contributed by atoms with Gasteiger partial charge >= 0.3 is 0 Å². The number of rotatable bonds is 9. The summed E-state index contributed by atoms with van der Waals surface area (Å²) < 4.78 is 5.59. The highest BCUT2D eigenvalue weighted by Gasteiger charge is 2.04. The third-order valence-electron chi connectivity index (χ3n) is 3.74. The largest absolute Gasteiger partial charge is 0.380 e. The molecule has 0 aliphatic carbocycles. The van der Waals surface area contributed by atoms with Crippen LogP contribution in [-0.4, -0.2) is 42.7 Å². The second kappa shape index (κ2) is 10.5. The van der Waals surface area contributed by atoms with E-state index in [2.05, 4.69) is 51.6 Å².